The molecule has 7 nitrogen and oxygen atoms in total. The third kappa shape index (κ3) is 4.01. The van der Waals surface area contributed by atoms with Crippen LogP contribution >= 0.6 is 0 Å². The first-order valence-corrected chi connectivity index (χ1v) is 10.8. The van der Waals surface area contributed by atoms with E-state index in [9.17, 15) is 18.5 Å². The van der Waals surface area contributed by atoms with Crippen molar-refractivity contribution < 1.29 is 13.3 Å². The monoisotopic (exact) mass is 381 g/mol. The van der Waals surface area contributed by atoms with Crippen LogP contribution in [0.4, 0.5) is 11.4 Å². The summed E-state index contributed by atoms with van der Waals surface area (Å²) in [5.41, 5.74) is 0.397. The van der Waals surface area contributed by atoms with Gasteiger partial charge in [-0.2, -0.15) is 0 Å². The van der Waals surface area contributed by atoms with Crippen LogP contribution in [0.3, 0.4) is 0 Å². The number of anilines is 1. The van der Waals surface area contributed by atoms with E-state index >= 15 is 0 Å². The highest BCUT2D eigenvalue weighted by Crippen LogP contribution is 2.40. The standard InChI is InChI=1S/C18H27N3O4S/c1-13(2)19-26(24,25)16-7-8-17(18(11-16)21(22)23)20-10-9-14-5-3-4-6-15(14)12-20/h7-8,11,13-15,19H,3-6,9-10,12H2,1-2H3/t14-,15+/m1/s1. The highest BCUT2D eigenvalue weighted by Gasteiger charge is 2.33. The van der Waals surface area contributed by atoms with Crippen LogP contribution in [0.2, 0.25) is 0 Å². The molecule has 0 aromatic heterocycles. The number of nitrogens with one attached hydrogen (secondary N) is 1. The molecule has 8 heteroatoms. The minimum Gasteiger partial charge on any atom is -0.366 e. The Morgan fingerprint density at radius 3 is 2.54 bits per heavy atom. The Labute approximate surface area is 155 Å². The van der Waals surface area contributed by atoms with Crippen LogP contribution in [0.15, 0.2) is 23.1 Å². The van der Waals surface area contributed by atoms with Gasteiger partial charge >= 0.3 is 0 Å². The van der Waals surface area contributed by atoms with E-state index in [1.807, 2.05) is 0 Å². The predicted molar refractivity (Wildman–Crippen MR) is 101 cm³/mol. The molecular formula is C18H27N3O4S. The molecule has 1 saturated heterocycles. The van der Waals surface area contributed by atoms with Crippen LogP contribution in [0.25, 0.3) is 0 Å². The van der Waals surface area contributed by atoms with Crippen molar-refractivity contribution in [2.75, 3.05) is 18.0 Å². The molecule has 2 fully saturated rings. The molecule has 1 aromatic rings. The molecule has 1 N–H and O–H groups in total. The minimum absolute atomic E-state index is 0.0609. The average molecular weight is 381 g/mol. The summed E-state index contributed by atoms with van der Waals surface area (Å²) in [7, 11) is -3.76. The molecule has 1 aromatic carbocycles. The Hall–Kier alpha value is -1.67. The van der Waals surface area contributed by atoms with Gasteiger partial charge in [-0.3, -0.25) is 10.1 Å². The van der Waals surface area contributed by atoms with Crippen molar-refractivity contribution in [2.45, 2.75) is 56.9 Å². The lowest BCUT2D eigenvalue weighted by Crippen LogP contribution is -2.42. The second kappa shape index (κ2) is 7.52. The molecule has 1 aliphatic heterocycles. The van der Waals surface area contributed by atoms with E-state index < -0.39 is 14.9 Å². The van der Waals surface area contributed by atoms with E-state index in [2.05, 4.69) is 9.62 Å². The Kier molecular flexibility index (Phi) is 5.53. The van der Waals surface area contributed by atoms with Gasteiger partial charge in [0.05, 0.1) is 9.82 Å². The lowest BCUT2D eigenvalue weighted by Gasteiger charge is -2.42. The summed E-state index contributed by atoms with van der Waals surface area (Å²) in [5, 5.41) is 11.6. The first-order valence-electron chi connectivity index (χ1n) is 9.33. The maximum atomic E-state index is 12.3. The third-order valence-corrected chi connectivity index (χ3v) is 7.13. The second-order valence-corrected chi connectivity index (χ2v) is 9.44. The van der Waals surface area contributed by atoms with Gasteiger partial charge in [0.2, 0.25) is 10.0 Å². The number of piperidine rings is 1. The van der Waals surface area contributed by atoms with Gasteiger partial charge in [0, 0.05) is 25.2 Å². The van der Waals surface area contributed by atoms with Gasteiger partial charge in [0.15, 0.2) is 0 Å². The summed E-state index contributed by atoms with van der Waals surface area (Å²) < 4.78 is 27.2. The first kappa shape index (κ1) is 19.1. The minimum atomic E-state index is -3.76. The van der Waals surface area contributed by atoms with Crippen LogP contribution in [0, 0.1) is 22.0 Å². The van der Waals surface area contributed by atoms with Crippen LogP contribution < -0.4 is 9.62 Å². The SMILES string of the molecule is CC(C)NS(=O)(=O)c1ccc(N2CC[C@H]3CCCC[C@H]3C2)c([N+](=O)[O-])c1. The Morgan fingerprint density at radius 1 is 1.19 bits per heavy atom. The van der Waals surface area contributed by atoms with E-state index in [0.717, 1.165) is 25.4 Å². The smallest absolute Gasteiger partial charge is 0.293 e. The number of nitro groups is 1. The normalized spacial score (nSPS) is 23.7. The topological polar surface area (TPSA) is 92.6 Å². The first-order chi connectivity index (χ1) is 12.3. The molecule has 1 saturated carbocycles. The molecule has 0 unspecified atom stereocenters. The molecule has 0 radical (unpaired) electrons. The molecule has 0 bridgehead atoms. The second-order valence-electron chi connectivity index (χ2n) is 7.72. The lowest BCUT2D eigenvalue weighted by molar-refractivity contribution is -0.384. The average Bonchev–Trinajstić information content (AvgIpc) is 2.59. The summed E-state index contributed by atoms with van der Waals surface area (Å²) in [6, 6.07) is 3.98. The number of nitrogens with zero attached hydrogens (tertiary/aromatic N) is 2. The zero-order chi connectivity index (χ0) is 18.9. The summed E-state index contributed by atoms with van der Waals surface area (Å²) in [4.78, 5) is 13.1. The fourth-order valence-electron chi connectivity index (χ4n) is 4.28. The highest BCUT2D eigenvalue weighted by molar-refractivity contribution is 7.89. The van der Waals surface area contributed by atoms with Crippen LogP contribution in [0.1, 0.15) is 46.0 Å². The van der Waals surface area contributed by atoms with E-state index in [-0.39, 0.29) is 16.6 Å². The van der Waals surface area contributed by atoms with Crippen molar-refractivity contribution in [3.05, 3.63) is 28.3 Å². The molecule has 1 heterocycles. The Balaban J connectivity index is 1.89. The van der Waals surface area contributed by atoms with Gasteiger partial charge in [-0.1, -0.05) is 19.3 Å². The van der Waals surface area contributed by atoms with Gasteiger partial charge in [-0.25, -0.2) is 13.1 Å². The molecule has 0 amide bonds. The molecule has 144 valence electrons. The summed E-state index contributed by atoms with van der Waals surface area (Å²) in [6.07, 6.45) is 6.01. The van der Waals surface area contributed by atoms with Crippen molar-refractivity contribution in [1.29, 1.82) is 0 Å². The number of nitro benzene ring substituents is 1. The van der Waals surface area contributed by atoms with E-state index in [0.29, 0.717) is 11.6 Å². The highest BCUT2D eigenvalue weighted by atomic mass is 32.2. The van der Waals surface area contributed by atoms with Crippen molar-refractivity contribution in [3.63, 3.8) is 0 Å². The summed E-state index contributed by atoms with van der Waals surface area (Å²) >= 11 is 0. The Bertz CT molecular complexity index is 779. The fraction of sp³-hybridized carbons (Fsp3) is 0.667. The fourth-order valence-corrected chi connectivity index (χ4v) is 5.55. The van der Waals surface area contributed by atoms with E-state index in [1.165, 1.54) is 37.8 Å². The summed E-state index contributed by atoms with van der Waals surface area (Å²) in [6.45, 7) is 5.05. The molecule has 1 aliphatic carbocycles. The van der Waals surface area contributed by atoms with Crippen molar-refractivity contribution in [1.82, 2.24) is 4.72 Å². The van der Waals surface area contributed by atoms with Gasteiger partial charge in [-0.15, -0.1) is 0 Å². The van der Waals surface area contributed by atoms with Gasteiger partial charge in [0.1, 0.15) is 5.69 Å². The summed E-state index contributed by atoms with van der Waals surface area (Å²) in [5.74, 6) is 1.32. The largest absolute Gasteiger partial charge is 0.366 e. The number of hydrogen-bond acceptors (Lipinski definition) is 5. The van der Waals surface area contributed by atoms with Crippen LogP contribution in [-0.4, -0.2) is 32.5 Å². The molecule has 2 aliphatic rings. The number of benzene rings is 1. The third-order valence-electron chi connectivity index (χ3n) is 5.48. The van der Waals surface area contributed by atoms with Gasteiger partial charge < -0.3 is 4.90 Å². The predicted octanol–water partition coefficient (Wildman–Crippen LogP) is 3.30. The van der Waals surface area contributed by atoms with Crippen molar-refractivity contribution in [2.24, 2.45) is 11.8 Å². The molecule has 26 heavy (non-hydrogen) atoms. The number of fused-ring (bicyclic) bond motifs is 1. The molecule has 3 rings (SSSR count). The van der Waals surface area contributed by atoms with Crippen molar-refractivity contribution >= 4 is 21.4 Å². The van der Waals surface area contributed by atoms with E-state index in [1.54, 1.807) is 19.9 Å². The van der Waals surface area contributed by atoms with Crippen molar-refractivity contribution in [3.8, 4) is 0 Å². The van der Waals surface area contributed by atoms with Gasteiger partial charge in [0.25, 0.3) is 5.69 Å². The molecular weight excluding hydrogens is 354 g/mol. The number of hydrogen-bond donors (Lipinski definition) is 1. The zero-order valence-electron chi connectivity index (χ0n) is 15.3. The number of rotatable bonds is 5. The molecule has 2 atom stereocenters. The number of sulfonamides is 1. The Morgan fingerprint density at radius 2 is 1.88 bits per heavy atom. The lowest BCUT2D eigenvalue weighted by atomic mass is 9.75. The van der Waals surface area contributed by atoms with E-state index in [4.69, 9.17) is 0 Å². The quantitative estimate of drug-likeness (QED) is 0.624. The maximum Gasteiger partial charge on any atom is 0.293 e. The van der Waals surface area contributed by atoms with Crippen LogP contribution in [-0.2, 0) is 10.0 Å². The zero-order valence-corrected chi connectivity index (χ0v) is 16.2. The van der Waals surface area contributed by atoms with Gasteiger partial charge in [-0.05, 0) is 50.7 Å². The molecule has 0 spiro atoms. The maximum absolute atomic E-state index is 12.3. The van der Waals surface area contributed by atoms with Crippen LogP contribution in [0.5, 0.6) is 0 Å².